The van der Waals surface area contributed by atoms with Crippen molar-refractivity contribution in [2.24, 2.45) is 0 Å². The standard InChI is InChI=1S/C20H30N4O2/c25-19(11-12-21-20(26)22-17-7-3-1-4-8-17)24-15-13-23(14-16-24)18-9-5-2-6-10-18/h2,5-6,9-10,17H,1,3-4,7-8,11-16H2,(H2,21,22,26). The molecule has 0 unspecified atom stereocenters. The molecule has 1 heterocycles. The second kappa shape index (κ2) is 9.46. The van der Waals surface area contributed by atoms with E-state index in [1.54, 1.807) is 0 Å². The summed E-state index contributed by atoms with van der Waals surface area (Å²) >= 11 is 0. The summed E-state index contributed by atoms with van der Waals surface area (Å²) in [5.41, 5.74) is 1.21. The van der Waals surface area contributed by atoms with E-state index in [0.29, 0.717) is 19.0 Å². The Morgan fingerprint density at radius 3 is 2.35 bits per heavy atom. The Bertz CT molecular complexity index is 579. The molecule has 3 amide bonds. The van der Waals surface area contributed by atoms with E-state index in [4.69, 9.17) is 0 Å². The van der Waals surface area contributed by atoms with Gasteiger partial charge in [-0.1, -0.05) is 37.5 Å². The second-order valence-corrected chi connectivity index (χ2v) is 7.19. The molecule has 2 fully saturated rings. The largest absolute Gasteiger partial charge is 0.368 e. The molecule has 6 nitrogen and oxygen atoms in total. The van der Waals surface area contributed by atoms with E-state index in [9.17, 15) is 9.59 Å². The van der Waals surface area contributed by atoms with Crippen LogP contribution in [0.4, 0.5) is 10.5 Å². The molecule has 0 spiro atoms. The number of amides is 3. The van der Waals surface area contributed by atoms with Gasteiger partial charge in [-0.05, 0) is 25.0 Å². The number of anilines is 1. The van der Waals surface area contributed by atoms with Gasteiger partial charge in [-0.15, -0.1) is 0 Å². The van der Waals surface area contributed by atoms with Crippen LogP contribution in [0, 0.1) is 0 Å². The first-order valence-electron chi connectivity index (χ1n) is 9.84. The Morgan fingerprint density at radius 1 is 0.962 bits per heavy atom. The maximum Gasteiger partial charge on any atom is 0.315 e. The fourth-order valence-corrected chi connectivity index (χ4v) is 3.78. The molecule has 142 valence electrons. The Labute approximate surface area is 155 Å². The number of para-hydroxylation sites is 1. The van der Waals surface area contributed by atoms with Gasteiger partial charge in [0, 0.05) is 50.9 Å². The number of benzene rings is 1. The van der Waals surface area contributed by atoms with Gasteiger partial charge in [0.15, 0.2) is 0 Å². The van der Waals surface area contributed by atoms with Crippen LogP contribution >= 0.6 is 0 Å². The van der Waals surface area contributed by atoms with Gasteiger partial charge in [0.2, 0.25) is 5.91 Å². The molecule has 1 saturated heterocycles. The number of hydrogen-bond donors (Lipinski definition) is 2. The molecule has 0 bridgehead atoms. The molecular formula is C20H30N4O2. The van der Waals surface area contributed by atoms with Gasteiger partial charge < -0.3 is 20.4 Å². The molecule has 0 radical (unpaired) electrons. The average Bonchev–Trinajstić information content (AvgIpc) is 2.69. The third-order valence-corrected chi connectivity index (χ3v) is 5.32. The first kappa shape index (κ1) is 18.5. The number of nitrogens with one attached hydrogen (secondary N) is 2. The van der Waals surface area contributed by atoms with Crippen molar-refractivity contribution in [2.45, 2.75) is 44.6 Å². The molecule has 0 atom stereocenters. The number of urea groups is 1. The summed E-state index contributed by atoms with van der Waals surface area (Å²) in [5, 5.41) is 5.84. The summed E-state index contributed by atoms with van der Waals surface area (Å²) in [7, 11) is 0. The van der Waals surface area contributed by atoms with Gasteiger partial charge >= 0.3 is 6.03 Å². The molecule has 2 N–H and O–H groups in total. The van der Waals surface area contributed by atoms with E-state index >= 15 is 0 Å². The number of rotatable bonds is 5. The molecule has 2 aliphatic rings. The van der Waals surface area contributed by atoms with Crippen molar-refractivity contribution < 1.29 is 9.59 Å². The normalized spacial score (nSPS) is 18.5. The van der Waals surface area contributed by atoms with Crippen LogP contribution in [0.25, 0.3) is 0 Å². The van der Waals surface area contributed by atoms with Gasteiger partial charge in [-0.25, -0.2) is 4.79 Å². The van der Waals surface area contributed by atoms with Gasteiger partial charge in [-0.2, -0.15) is 0 Å². The monoisotopic (exact) mass is 358 g/mol. The molecule has 1 aromatic rings. The summed E-state index contributed by atoms with van der Waals surface area (Å²) in [4.78, 5) is 28.5. The molecule has 26 heavy (non-hydrogen) atoms. The van der Waals surface area contributed by atoms with E-state index in [-0.39, 0.29) is 11.9 Å². The van der Waals surface area contributed by atoms with Crippen LogP contribution < -0.4 is 15.5 Å². The Morgan fingerprint density at radius 2 is 1.65 bits per heavy atom. The lowest BCUT2D eigenvalue weighted by Crippen LogP contribution is -2.49. The van der Waals surface area contributed by atoms with E-state index in [1.165, 1.54) is 24.9 Å². The highest BCUT2D eigenvalue weighted by Gasteiger charge is 2.21. The van der Waals surface area contributed by atoms with Gasteiger partial charge in [0.05, 0.1) is 0 Å². The van der Waals surface area contributed by atoms with Crippen molar-refractivity contribution in [1.29, 1.82) is 0 Å². The average molecular weight is 358 g/mol. The summed E-state index contributed by atoms with van der Waals surface area (Å²) in [6.45, 7) is 3.58. The van der Waals surface area contributed by atoms with E-state index in [0.717, 1.165) is 39.0 Å². The topological polar surface area (TPSA) is 64.7 Å². The van der Waals surface area contributed by atoms with Crippen LogP contribution in [-0.4, -0.2) is 55.6 Å². The highest BCUT2D eigenvalue weighted by molar-refractivity contribution is 5.78. The van der Waals surface area contributed by atoms with Crippen LogP contribution in [0.3, 0.4) is 0 Å². The van der Waals surface area contributed by atoms with Crippen LogP contribution in [0.15, 0.2) is 30.3 Å². The number of nitrogens with zero attached hydrogens (tertiary/aromatic N) is 2. The predicted octanol–water partition coefficient (Wildman–Crippen LogP) is 2.36. The van der Waals surface area contributed by atoms with Gasteiger partial charge in [0.25, 0.3) is 0 Å². The van der Waals surface area contributed by atoms with Gasteiger partial charge in [-0.3, -0.25) is 4.79 Å². The van der Waals surface area contributed by atoms with Gasteiger partial charge in [0.1, 0.15) is 0 Å². The molecule has 3 rings (SSSR count). The minimum atomic E-state index is -0.140. The Kier molecular flexibility index (Phi) is 6.75. The van der Waals surface area contributed by atoms with Crippen molar-refractivity contribution in [3.63, 3.8) is 0 Å². The van der Waals surface area contributed by atoms with E-state index in [2.05, 4.69) is 27.7 Å². The molecule has 1 aliphatic heterocycles. The second-order valence-electron chi connectivity index (χ2n) is 7.19. The number of piperazine rings is 1. The minimum Gasteiger partial charge on any atom is -0.368 e. The van der Waals surface area contributed by atoms with Crippen molar-refractivity contribution in [3.8, 4) is 0 Å². The first-order chi connectivity index (χ1) is 12.7. The third kappa shape index (κ3) is 5.38. The maximum absolute atomic E-state index is 12.3. The molecule has 1 aliphatic carbocycles. The van der Waals surface area contributed by atoms with Crippen LogP contribution in [0.1, 0.15) is 38.5 Å². The molecular weight excluding hydrogens is 328 g/mol. The summed E-state index contributed by atoms with van der Waals surface area (Å²) in [5.74, 6) is 0.121. The number of hydrogen-bond acceptors (Lipinski definition) is 3. The highest BCUT2D eigenvalue weighted by atomic mass is 16.2. The molecule has 1 saturated carbocycles. The maximum atomic E-state index is 12.3. The lowest BCUT2D eigenvalue weighted by atomic mass is 9.96. The lowest BCUT2D eigenvalue weighted by Gasteiger charge is -2.36. The molecule has 0 aromatic heterocycles. The zero-order valence-corrected chi connectivity index (χ0v) is 15.5. The fourth-order valence-electron chi connectivity index (χ4n) is 3.78. The summed E-state index contributed by atoms with van der Waals surface area (Å²) in [6.07, 6.45) is 6.15. The van der Waals surface area contributed by atoms with Crippen LogP contribution in [0.2, 0.25) is 0 Å². The van der Waals surface area contributed by atoms with Crippen LogP contribution in [0.5, 0.6) is 0 Å². The van der Waals surface area contributed by atoms with Crippen molar-refractivity contribution in [3.05, 3.63) is 30.3 Å². The molecule has 6 heteroatoms. The summed E-state index contributed by atoms with van der Waals surface area (Å²) < 4.78 is 0. The quantitative estimate of drug-likeness (QED) is 0.849. The van der Waals surface area contributed by atoms with Crippen molar-refractivity contribution >= 4 is 17.6 Å². The highest BCUT2D eigenvalue weighted by Crippen LogP contribution is 2.17. The number of carbonyl (C=O) groups excluding carboxylic acids is 2. The Hall–Kier alpha value is -2.24. The Balaban J connectivity index is 1.32. The number of carbonyl (C=O) groups is 2. The van der Waals surface area contributed by atoms with E-state index < -0.39 is 0 Å². The lowest BCUT2D eigenvalue weighted by molar-refractivity contribution is -0.131. The molecule has 1 aromatic carbocycles. The SMILES string of the molecule is O=C(NCCC(=O)N1CCN(c2ccccc2)CC1)NC1CCCCC1. The smallest absolute Gasteiger partial charge is 0.315 e. The zero-order valence-electron chi connectivity index (χ0n) is 15.5. The third-order valence-electron chi connectivity index (χ3n) is 5.32. The van der Waals surface area contributed by atoms with Crippen molar-refractivity contribution in [1.82, 2.24) is 15.5 Å². The zero-order chi connectivity index (χ0) is 18.2. The fraction of sp³-hybridized carbons (Fsp3) is 0.600. The van der Waals surface area contributed by atoms with Crippen molar-refractivity contribution in [2.75, 3.05) is 37.6 Å². The summed E-state index contributed by atoms with van der Waals surface area (Å²) in [6, 6.07) is 10.5. The van der Waals surface area contributed by atoms with E-state index in [1.807, 2.05) is 23.1 Å². The van der Waals surface area contributed by atoms with Crippen LogP contribution in [-0.2, 0) is 4.79 Å². The first-order valence-corrected chi connectivity index (χ1v) is 9.84. The predicted molar refractivity (Wildman–Crippen MR) is 103 cm³/mol. The minimum absolute atomic E-state index is 0.121.